The summed E-state index contributed by atoms with van der Waals surface area (Å²) in [5.74, 6) is 0.693. The van der Waals surface area contributed by atoms with Crippen LogP contribution in [0.2, 0.25) is 0 Å². The molecule has 3 rings (SSSR count). The zero-order valence-corrected chi connectivity index (χ0v) is 15.2. The molecule has 0 spiro atoms. The Balaban J connectivity index is 2.23. The van der Waals surface area contributed by atoms with Gasteiger partial charge in [0.15, 0.2) is 0 Å². The second-order valence-electron chi connectivity index (χ2n) is 5.59. The Labute approximate surface area is 150 Å². The lowest BCUT2D eigenvalue weighted by Crippen LogP contribution is -2.25. The molecule has 0 bridgehead atoms. The third-order valence-electron chi connectivity index (χ3n) is 3.67. The fourth-order valence-electron chi connectivity index (χ4n) is 2.46. The van der Waals surface area contributed by atoms with Crippen molar-refractivity contribution in [2.75, 3.05) is 14.1 Å². The maximum atomic E-state index is 9.09. The predicted molar refractivity (Wildman–Crippen MR) is 101 cm³/mol. The standard InChI is InChI=1S/C18H15N3OS2/c1-11-8-12(9-19)4-6-14(11)16-15(22-18(23)21(2)3)7-5-13-10-20-24-17(13)16/h4-8,10H,1-3H3. The van der Waals surface area contributed by atoms with Gasteiger partial charge in [-0.25, -0.2) is 0 Å². The summed E-state index contributed by atoms with van der Waals surface area (Å²) >= 11 is 6.72. The summed E-state index contributed by atoms with van der Waals surface area (Å²) in [4.78, 5) is 1.75. The van der Waals surface area contributed by atoms with Crippen LogP contribution in [-0.2, 0) is 0 Å². The Hall–Kier alpha value is -2.49. The summed E-state index contributed by atoms with van der Waals surface area (Å²) in [6.45, 7) is 1.99. The van der Waals surface area contributed by atoms with Crippen molar-refractivity contribution in [2.45, 2.75) is 6.92 Å². The van der Waals surface area contributed by atoms with Crippen molar-refractivity contribution in [3.8, 4) is 22.9 Å². The molecule has 0 aliphatic heterocycles. The fraction of sp³-hybridized carbons (Fsp3) is 0.167. The lowest BCUT2D eigenvalue weighted by atomic mass is 9.97. The number of aryl methyl sites for hydroxylation is 1. The molecule has 0 aliphatic carbocycles. The molecule has 0 atom stereocenters. The third-order valence-corrected chi connectivity index (χ3v) is 4.95. The van der Waals surface area contributed by atoms with Gasteiger partial charge in [0, 0.05) is 31.2 Å². The molecular formula is C18H15N3OS2. The molecule has 120 valence electrons. The van der Waals surface area contributed by atoms with Gasteiger partial charge in [0.25, 0.3) is 5.17 Å². The minimum absolute atomic E-state index is 0.395. The van der Waals surface area contributed by atoms with Gasteiger partial charge in [-0.3, -0.25) is 0 Å². The highest BCUT2D eigenvalue weighted by Crippen LogP contribution is 2.40. The zero-order chi connectivity index (χ0) is 17.3. The largest absolute Gasteiger partial charge is 0.431 e. The number of benzene rings is 2. The molecule has 0 aliphatic rings. The molecule has 1 aromatic heterocycles. The number of nitrogens with zero attached hydrogens (tertiary/aromatic N) is 3. The Morgan fingerprint density at radius 2 is 2.08 bits per heavy atom. The fourth-order valence-corrected chi connectivity index (χ4v) is 3.35. The highest BCUT2D eigenvalue weighted by Gasteiger charge is 2.17. The van der Waals surface area contributed by atoms with E-state index in [0.717, 1.165) is 26.8 Å². The topological polar surface area (TPSA) is 49.1 Å². The van der Waals surface area contributed by atoms with Crippen LogP contribution < -0.4 is 4.74 Å². The number of ether oxygens (including phenoxy) is 1. The van der Waals surface area contributed by atoms with Crippen LogP contribution >= 0.6 is 23.8 Å². The molecule has 3 aromatic rings. The van der Waals surface area contributed by atoms with Crippen molar-refractivity contribution in [1.29, 1.82) is 5.26 Å². The number of rotatable bonds is 2. The number of thiocarbonyl (C=S) groups is 1. The van der Waals surface area contributed by atoms with Gasteiger partial charge >= 0.3 is 0 Å². The first-order valence-electron chi connectivity index (χ1n) is 7.29. The summed E-state index contributed by atoms with van der Waals surface area (Å²) < 4.78 is 11.3. The Bertz CT molecular complexity index is 970. The van der Waals surface area contributed by atoms with E-state index in [4.69, 9.17) is 22.2 Å². The van der Waals surface area contributed by atoms with E-state index in [9.17, 15) is 0 Å². The minimum Gasteiger partial charge on any atom is -0.431 e. The first-order valence-corrected chi connectivity index (χ1v) is 8.47. The Kier molecular flexibility index (Phi) is 4.47. The van der Waals surface area contributed by atoms with Crippen molar-refractivity contribution in [2.24, 2.45) is 0 Å². The highest BCUT2D eigenvalue weighted by atomic mass is 32.1. The molecule has 4 nitrogen and oxygen atoms in total. The van der Waals surface area contributed by atoms with E-state index >= 15 is 0 Å². The van der Waals surface area contributed by atoms with E-state index in [2.05, 4.69) is 10.4 Å². The van der Waals surface area contributed by atoms with Crippen molar-refractivity contribution >= 4 is 39.0 Å². The molecule has 24 heavy (non-hydrogen) atoms. The summed E-state index contributed by atoms with van der Waals surface area (Å²) in [7, 11) is 3.69. The van der Waals surface area contributed by atoms with Crippen LogP contribution in [0, 0.1) is 18.3 Å². The van der Waals surface area contributed by atoms with Crippen molar-refractivity contribution in [1.82, 2.24) is 9.27 Å². The molecule has 0 saturated carbocycles. The second kappa shape index (κ2) is 6.56. The van der Waals surface area contributed by atoms with Gasteiger partial charge in [0.2, 0.25) is 0 Å². The van der Waals surface area contributed by atoms with Crippen molar-refractivity contribution < 1.29 is 4.74 Å². The maximum Gasteiger partial charge on any atom is 0.264 e. The van der Waals surface area contributed by atoms with Gasteiger partial charge in [-0.05, 0) is 66.1 Å². The number of aromatic nitrogens is 1. The predicted octanol–water partition coefficient (Wildman–Crippen LogP) is 4.37. The Morgan fingerprint density at radius 3 is 2.75 bits per heavy atom. The average molecular weight is 353 g/mol. The first kappa shape index (κ1) is 16.4. The molecule has 0 radical (unpaired) electrons. The Morgan fingerprint density at radius 1 is 1.29 bits per heavy atom. The van der Waals surface area contributed by atoms with Gasteiger partial charge in [-0.15, -0.1) is 0 Å². The van der Waals surface area contributed by atoms with Gasteiger partial charge in [-0.2, -0.15) is 9.64 Å². The molecule has 2 aromatic carbocycles. The molecular weight excluding hydrogens is 338 g/mol. The van der Waals surface area contributed by atoms with Crippen molar-refractivity contribution in [3.05, 3.63) is 47.7 Å². The van der Waals surface area contributed by atoms with E-state index in [-0.39, 0.29) is 0 Å². The zero-order valence-electron chi connectivity index (χ0n) is 13.5. The van der Waals surface area contributed by atoms with E-state index in [0.29, 0.717) is 16.5 Å². The summed E-state index contributed by atoms with van der Waals surface area (Å²) in [6, 6.07) is 11.7. The molecule has 1 heterocycles. The van der Waals surface area contributed by atoms with E-state index in [1.807, 2.05) is 57.5 Å². The van der Waals surface area contributed by atoms with Crippen LogP contribution in [0.25, 0.3) is 21.2 Å². The monoisotopic (exact) mass is 353 g/mol. The van der Waals surface area contributed by atoms with E-state index < -0.39 is 0 Å². The average Bonchev–Trinajstić information content (AvgIpc) is 3.03. The maximum absolute atomic E-state index is 9.09. The lowest BCUT2D eigenvalue weighted by molar-refractivity contribution is 0.451. The summed E-state index contributed by atoms with van der Waals surface area (Å²) in [5.41, 5.74) is 3.62. The van der Waals surface area contributed by atoms with Gasteiger partial charge in [-0.1, -0.05) is 6.07 Å². The highest BCUT2D eigenvalue weighted by molar-refractivity contribution is 7.80. The summed E-state index contributed by atoms with van der Waals surface area (Å²) in [5, 5.41) is 10.5. The van der Waals surface area contributed by atoms with Gasteiger partial charge in [0.05, 0.1) is 16.3 Å². The number of hydrogen-bond donors (Lipinski definition) is 0. The first-order chi connectivity index (χ1) is 11.5. The lowest BCUT2D eigenvalue weighted by Gasteiger charge is -2.18. The van der Waals surface area contributed by atoms with Crippen LogP contribution in [0.1, 0.15) is 11.1 Å². The quantitative estimate of drug-likeness (QED) is 0.640. The third kappa shape index (κ3) is 2.96. The minimum atomic E-state index is 0.395. The van der Waals surface area contributed by atoms with E-state index in [1.54, 1.807) is 4.90 Å². The molecule has 0 saturated heterocycles. The van der Waals surface area contributed by atoms with Crippen LogP contribution in [0.5, 0.6) is 5.75 Å². The molecule has 0 fully saturated rings. The summed E-state index contributed by atoms with van der Waals surface area (Å²) in [6.07, 6.45) is 1.84. The van der Waals surface area contributed by atoms with Crippen molar-refractivity contribution in [3.63, 3.8) is 0 Å². The SMILES string of the molecule is Cc1cc(C#N)ccc1-c1c(OC(=S)N(C)C)ccc2cnsc12. The smallest absolute Gasteiger partial charge is 0.264 e. The molecule has 0 amide bonds. The van der Waals surface area contributed by atoms with Crippen LogP contribution in [0.15, 0.2) is 36.5 Å². The second-order valence-corrected chi connectivity index (χ2v) is 6.74. The van der Waals surface area contributed by atoms with Crippen LogP contribution in [-0.4, -0.2) is 28.5 Å². The number of hydrogen-bond acceptors (Lipinski definition) is 5. The molecule has 6 heteroatoms. The number of fused-ring (bicyclic) bond motifs is 1. The normalized spacial score (nSPS) is 10.4. The van der Waals surface area contributed by atoms with Gasteiger partial charge < -0.3 is 9.64 Å². The molecule has 0 N–H and O–H groups in total. The molecule has 0 unspecified atom stereocenters. The van der Waals surface area contributed by atoms with Gasteiger partial charge in [0.1, 0.15) is 5.75 Å². The van der Waals surface area contributed by atoms with Crippen LogP contribution in [0.3, 0.4) is 0 Å². The number of nitriles is 1. The van der Waals surface area contributed by atoms with Crippen LogP contribution in [0.4, 0.5) is 0 Å². The van der Waals surface area contributed by atoms with E-state index in [1.165, 1.54) is 11.5 Å².